The van der Waals surface area contributed by atoms with E-state index < -0.39 is 11.7 Å². The van der Waals surface area contributed by atoms with Crippen molar-refractivity contribution in [3.8, 4) is 0 Å². The average Bonchev–Trinajstić information content (AvgIpc) is 2.47. The van der Waals surface area contributed by atoms with E-state index >= 15 is 0 Å². The van der Waals surface area contributed by atoms with Crippen LogP contribution in [0.15, 0.2) is 36.5 Å². The summed E-state index contributed by atoms with van der Waals surface area (Å²) >= 11 is 0. The second-order valence-electron chi connectivity index (χ2n) is 4.92. The zero-order chi connectivity index (χ0) is 14.9. The van der Waals surface area contributed by atoms with Crippen molar-refractivity contribution in [1.29, 1.82) is 0 Å². The van der Waals surface area contributed by atoms with Crippen LogP contribution >= 0.6 is 0 Å². The standard InChI is InChI=1S/C15H14F3N3/c16-15(17,18)11-4-5-14(20-9-11)21-13-3-1-2-10-8-19-7-6-12(10)13/h1-5,9,19H,6-8H2,(H,20,21). The highest BCUT2D eigenvalue weighted by Gasteiger charge is 2.30. The summed E-state index contributed by atoms with van der Waals surface area (Å²) in [6, 6.07) is 8.28. The van der Waals surface area contributed by atoms with Gasteiger partial charge < -0.3 is 10.6 Å². The first-order chi connectivity index (χ1) is 10.0. The molecule has 0 saturated carbocycles. The van der Waals surface area contributed by atoms with Gasteiger partial charge in [-0.2, -0.15) is 13.2 Å². The van der Waals surface area contributed by atoms with Crippen LogP contribution in [0.5, 0.6) is 0 Å². The molecule has 1 aromatic carbocycles. The number of nitrogens with zero attached hydrogens (tertiary/aromatic N) is 1. The van der Waals surface area contributed by atoms with Crippen molar-refractivity contribution < 1.29 is 13.2 Å². The van der Waals surface area contributed by atoms with E-state index in [1.807, 2.05) is 18.2 Å². The van der Waals surface area contributed by atoms with Crippen LogP contribution in [0, 0.1) is 0 Å². The summed E-state index contributed by atoms with van der Waals surface area (Å²) in [4.78, 5) is 3.84. The summed E-state index contributed by atoms with van der Waals surface area (Å²) in [7, 11) is 0. The molecule has 0 radical (unpaired) electrons. The van der Waals surface area contributed by atoms with E-state index in [2.05, 4.69) is 15.6 Å². The highest BCUT2D eigenvalue weighted by atomic mass is 19.4. The molecule has 110 valence electrons. The fourth-order valence-electron chi connectivity index (χ4n) is 2.42. The number of hydrogen-bond donors (Lipinski definition) is 2. The minimum Gasteiger partial charge on any atom is -0.340 e. The zero-order valence-corrected chi connectivity index (χ0v) is 11.2. The van der Waals surface area contributed by atoms with Crippen LogP contribution in [0.4, 0.5) is 24.7 Å². The number of halogens is 3. The number of alkyl halides is 3. The number of rotatable bonds is 2. The molecule has 3 nitrogen and oxygen atoms in total. The van der Waals surface area contributed by atoms with E-state index in [0.29, 0.717) is 5.82 Å². The fraction of sp³-hybridized carbons (Fsp3) is 0.267. The largest absolute Gasteiger partial charge is 0.417 e. The second kappa shape index (κ2) is 5.37. The van der Waals surface area contributed by atoms with Crippen LogP contribution in [0.25, 0.3) is 0 Å². The van der Waals surface area contributed by atoms with Gasteiger partial charge in [-0.25, -0.2) is 4.98 Å². The first-order valence-electron chi connectivity index (χ1n) is 6.66. The first-order valence-corrected chi connectivity index (χ1v) is 6.66. The third-order valence-corrected chi connectivity index (χ3v) is 3.49. The predicted octanol–water partition coefficient (Wildman–Crippen LogP) is 3.49. The molecule has 6 heteroatoms. The van der Waals surface area contributed by atoms with Crippen molar-refractivity contribution in [3.63, 3.8) is 0 Å². The molecule has 1 aliphatic rings. The molecule has 0 saturated heterocycles. The van der Waals surface area contributed by atoms with Crippen molar-refractivity contribution >= 4 is 11.5 Å². The van der Waals surface area contributed by atoms with Crippen LogP contribution in [-0.4, -0.2) is 11.5 Å². The Kier molecular flexibility index (Phi) is 3.55. The molecule has 1 aromatic heterocycles. The lowest BCUT2D eigenvalue weighted by Crippen LogP contribution is -2.24. The molecule has 2 N–H and O–H groups in total. The maximum absolute atomic E-state index is 12.5. The number of pyridine rings is 1. The Morgan fingerprint density at radius 3 is 2.71 bits per heavy atom. The van der Waals surface area contributed by atoms with E-state index in [1.54, 1.807) is 0 Å². The van der Waals surface area contributed by atoms with E-state index in [9.17, 15) is 13.2 Å². The summed E-state index contributed by atoms with van der Waals surface area (Å²) < 4.78 is 37.5. The van der Waals surface area contributed by atoms with Crippen molar-refractivity contribution in [2.45, 2.75) is 19.1 Å². The Labute approximate surface area is 120 Å². The minimum absolute atomic E-state index is 0.412. The molecule has 0 spiro atoms. The summed E-state index contributed by atoms with van der Waals surface area (Å²) in [6.07, 6.45) is -2.62. The van der Waals surface area contributed by atoms with Gasteiger partial charge in [-0.1, -0.05) is 12.1 Å². The van der Waals surface area contributed by atoms with Gasteiger partial charge in [0.25, 0.3) is 0 Å². The van der Waals surface area contributed by atoms with Gasteiger partial charge in [-0.15, -0.1) is 0 Å². The quantitative estimate of drug-likeness (QED) is 0.890. The smallest absolute Gasteiger partial charge is 0.340 e. The Morgan fingerprint density at radius 2 is 2.00 bits per heavy atom. The number of benzene rings is 1. The van der Waals surface area contributed by atoms with Gasteiger partial charge >= 0.3 is 6.18 Å². The van der Waals surface area contributed by atoms with E-state index in [0.717, 1.165) is 37.5 Å². The molecule has 0 amide bonds. The Morgan fingerprint density at radius 1 is 1.14 bits per heavy atom. The Balaban J connectivity index is 1.84. The normalized spacial score (nSPS) is 14.6. The number of aromatic nitrogens is 1. The SMILES string of the molecule is FC(F)(F)c1ccc(Nc2cccc3c2CCNC3)nc1. The van der Waals surface area contributed by atoms with Crippen LogP contribution in [-0.2, 0) is 19.1 Å². The number of nitrogens with one attached hydrogen (secondary N) is 2. The molecule has 3 rings (SSSR count). The molecule has 2 heterocycles. The molecule has 1 aliphatic heterocycles. The molecule has 0 aliphatic carbocycles. The molecular weight excluding hydrogens is 279 g/mol. The topological polar surface area (TPSA) is 37.0 Å². The number of fused-ring (bicyclic) bond motifs is 1. The van der Waals surface area contributed by atoms with Crippen molar-refractivity contribution in [2.24, 2.45) is 0 Å². The lowest BCUT2D eigenvalue weighted by atomic mass is 9.99. The van der Waals surface area contributed by atoms with E-state index in [4.69, 9.17) is 0 Å². The monoisotopic (exact) mass is 293 g/mol. The molecule has 0 atom stereocenters. The van der Waals surface area contributed by atoms with Gasteiger partial charge in [-0.3, -0.25) is 0 Å². The summed E-state index contributed by atoms with van der Waals surface area (Å²) in [5, 5.41) is 6.39. The summed E-state index contributed by atoms with van der Waals surface area (Å²) in [5.74, 6) is 0.412. The maximum atomic E-state index is 12.5. The van der Waals surface area contributed by atoms with E-state index in [-0.39, 0.29) is 0 Å². The molecule has 0 unspecified atom stereocenters. The van der Waals surface area contributed by atoms with E-state index in [1.165, 1.54) is 17.2 Å². The second-order valence-corrected chi connectivity index (χ2v) is 4.92. The van der Waals surface area contributed by atoms with Crippen LogP contribution < -0.4 is 10.6 Å². The van der Waals surface area contributed by atoms with Gasteiger partial charge in [-0.05, 0) is 42.3 Å². The van der Waals surface area contributed by atoms with Gasteiger partial charge in [0.1, 0.15) is 5.82 Å². The molecule has 2 aromatic rings. The van der Waals surface area contributed by atoms with Crippen LogP contribution in [0.3, 0.4) is 0 Å². The van der Waals surface area contributed by atoms with Gasteiger partial charge in [0.05, 0.1) is 5.56 Å². The molecule has 21 heavy (non-hydrogen) atoms. The number of anilines is 2. The van der Waals surface area contributed by atoms with Gasteiger partial charge in [0.15, 0.2) is 0 Å². The molecule has 0 fully saturated rings. The minimum atomic E-state index is -4.36. The Hall–Kier alpha value is -2.08. The predicted molar refractivity (Wildman–Crippen MR) is 74.4 cm³/mol. The lowest BCUT2D eigenvalue weighted by Gasteiger charge is -2.20. The van der Waals surface area contributed by atoms with Crippen LogP contribution in [0.2, 0.25) is 0 Å². The Bertz CT molecular complexity index is 636. The average molecular weight is 293 g/mol. The molecular formula is C15H14F3N3. The fourth-order valence-corrected chi connectivity index (χ4v) is 2.42. The maximum Gasteiger partial charge on any atom is 0.417 e. The third kappa shape index (κ3) is 3.00. The summed E-state index contributed by atoms with van der Waals surface area (Å²) in [5.41, 5.74) is 2.56. The third-order valence-electron chi connectivity index (χ3n) is 3.49. The van der Waals surface area contributed by atoms with Crippen molar-refractivity contribution in [3.05, 3.63) is 53.2 Å². The first kappa shape index (κ1) is 13.9. The van der Waals surface area contributed by atoms with Crippen molar-refractivity contribution in [1.82, 2.24) is 10.3 Å². The highest BCUT2D eigenvalue weighted by Crippen LogP contribution is 2.30. The highest BCUT2D eigenvalue weighted by molar-refractivity contribution is 5.63. The van der Waals surface area contributed by atoms with Crippen molar-refractivity contribution in [2.75, 3.05) is 11.9 Å². The zero-order valence-electron chi connectivity index (χ0n) is 11.2. The van der Waals surface area contributed by atoms with Gasteiger partial charge in [0, 0.05) is 18.4 Å². The summed E-state index contributed by atoms with van der Waals surface area (Å²) in [6.45, 7) is 1.71. The lowest BCUT2D eigenvalue weighted by molar-refractivity contribution is -0.137. The number of hydrogen-bond acceptors (Lipinski definition) is 3. The van der Waals surface area contributed by atoms with Crippen LogP contribution in [0.1, 0.15) is 16.7 Å². The molecule has 0 bridgehead atoms. The van der Waals surface area contributed by atoms with Gasteiger partial charge in [0.2, 0.25) is 0 Å².